The molecule has 132 valence electrons. The van der Waals surface area contributed by atoms with Crippen LogP contribution in [0.25, 0.3) is 11.3 Å². The smallest absolute Gasteiger partial charge is 0.340 e. The molecule has 0 spiro atoms. The molecule has 0 amide bonds. The molecule has 25 heavy (non-hydrogen) atoms. The maximum Gasteiger partial charge on any atom is 0.340 e. The second-order valence-corrected chi connectivity index (χ2v) is 6.35. The van der Waals surface area contributed by atoms with E-state index in [9.17, 15) is 9.59 Å². The van der Waals surface area contributed by atoms with Crippen LogP contribution >= 0.6 is 0 Å². The van der Waals surface area contributed by atoms with E-state index < -0.39 is 11.9 Å². The summed E-state index contributed by atoms with van der Waals surface area (Å²) in [5.74, 6) is -0.805. The van der Waals surface area contributed by atoms with Crippen LogP contribution in [-0.2, 0) is 9.47 Å². The van der Waals surface area contributed by atoms with Gasteiger partial charge in [0.25, 0.3) is 0 Å². The number of aromatic amines is 1. The molecule has 1 fully saturated rings. The molecule has 0 bridgehead atoms. The fraction of sp³-hybridized carbons (Fsp3) is 0.400. The number of esters is 2. The highest BCUT2D eigenvalue weighted by Gasteiger charge is 2.33. The molecule has 0 saturated heterocycles. The van der Waals surface area contributed by atoms with Crippen LogP contribution in [0, 0.1) is 0 Å². The van der Waals surface area contributed by atoms with E-state index in [-0.39, 0.29) is 11.5 Å². The standard InChI is InChI=1S/C20H23NO4/c1-24-19(22)15-16(20(23)25-2)18(14-11-7-4-8-12-14)21-17(15)13-9-5-3-6-10-13/h3,5-6,9-10,14,21H,4,7-8,11-12H2,1-2H3. The van der Waals surface area contributed by atoms with E-state index in [0.29, 0.717) is 11.3 Å². The van der Waals surface area contributed by atoms with Crippen molar-refractivity contribution in [3.63, 3.8) is 0 Å². The Kier molecular flexibility index (Phi) is 5.22. The van der Waals surface area contributed by atoms with Gasteiger partial charge >= 0.3 is 11.9 Å². The maximum atomic E-state index is 12.5. The van der Waals surface area contributed by atoms with Crippen LogP contribution in [0.1, 0.15) is 64.4 Å². The minimum atomic E-state index is -0.530. The van der Waals surface area contributed by atoms with Crippen LogP contribution in [0.3, 0.4) is 0 Å². The summed E-state index contributed by atoms with van der Waals surface area (Å²) < 4.78 is 9.95. The molecule has 0 aliphatic heterocycles. The van der Waals surface area contributed by atoms with Gasteiger partial charge in [0.1, 0.15) is 0 Å². The molecule has 0 unspecified atom stereocenters. The Labute approximate surface area is 147 Å². The van der Waals surface area contributed by atoms with Gasteiger partial charge in [-0.25, -0.2) is 9.59 Å². The van der Waals surface area contributed by atoms with Crippen molar-refractivity contribution < 1.29 is 19.1 Å². The first kappa shape index (κ1) is 17.3. The summed E-state index contributed by atoms with van der Waals surface area (Å²) in [4.78, 5) is 28.4. The zero-order valence-electron chi connectivity index (χ0n) is 14.6. The second kappa shape index (κ2) is 7.55. The Hall–Kier alpha value is -2.56. The third kappa shape index (κ3) is 3.31. The number of hydrogen-bond acceptors (Lipinski definition) is 4. The highest BCUT2D eigenvalue weighted by atomic mass is 16.5. The van der Waals surface area contributed by atoms with Crippen molar-refractivity contribution in [2.75, 3.05) is 14.2 Å². The Morgan fingerprint density at radius 2 is 1.52 bits per heavy atom. The van der Waals surface area contributed by atoms with Gasteiger partial charge in [-0.2, -0.15) is 0 Å². The van der Waals surface area contributed by atoms with Gasteiger partial charge in [-0.05, 0) is 24.3 Å². The van der Waals surface area contributed by atoms with Crippen LogP contribution in [-0.4, -0.2) is 31.1 Å². The van der Waals surface area contributed by atoms with Gasteiger partial charge in [0.05, 0.1) is 31.0 Å². The molecule has 1 aromatic heterocycles. The van der Waals surface area contributed by atoms with Gasteiger partial charge < -0.3 is 14.5 Å². The number of carbonyl (C=O) groups excluding carboxylic acids is 2. The molecule has 0 radical (unpaired) electrons. The molecule has 1 aromatic carbocycles. The Bertz CT molecular complexity index is 758. The number of H-pyrrole nitrogens is 1. The van der Waals surface area contributed by atoms with Crippen LogP contribution in [0.4, 0.5) is 0 Å². The molecule has 1 N–H and O–H groups in total. The van der Waals surface area contributed by atoms with E-state index in [1.165, 1.54) is 20.6 Å². The number of nitrogens with one attached hydrogen (secondary N) is 1. The van der Waals surface area contributed by atoms with Gasteiger partial charge in [-0.1, -0.05) is 49.6 Å². The van der Waals surface area contributed by atoms with E-state index in [4.69, 9.17) is 9.47 Å². The van der Waals surface area contributed by atoms with Gasteiger partial charge in [-0.15, -0.1) is 0 Å². The van der Waals surface area contributed by atoms with Crippen molar-refractivity contribution in [1.29, 1.82) is 0 Å². The highest BCUT2D eigenvalue weighted by molar-refractivity contribution is 6.08. The molecule has 1 saturated carbocycles. The lowest BCUT2D eigenvalue weighted by atomic mass is 9.85. The topological polar surface area (TPSA) is 68.4 Å². The third-order valence-electron chi connectivity index (χ3n) is 4.88. The maximum absolute atomic E-state index is 12.5. The Morgan fingerprint density at radius 3 is 2.12 bits per heavy atom. The summed E-state index contributed by atoms with van der Waals surface area (Å²) >= 11 is 0. The number of methoxy groups -OCH3 is 2. The molecule has 0 atom stereocenters. The van der Waals surface area contributed by atoms with Crippen LogP contribution in [0.15, 0.2) is 30.3 Å². The average Bonchev–Trinajstić information content (AvgIpc) is 3.08. The molecular formula is C20H23NO4. The molecule has 5 nitrogen and oxygen atoms in total. The number of ether oxygens (including phenoxy) is 2. The fourth-order valence-corrected chi connectivity index (χ4v) is 3.66. The quantitative estimate of drug-likeness (QED) is 0.842. The average molecular weight is 341 g/mol. The minimum absolute atomic E-state index is 0.226. The predicted molar refractivity (Wildman–Crippen MR) is 94.7 cm³/mol. The lowest BCUT2D eigenvalue weighted by Gasteiger charge is -2.21. The van der Waals surface area contributed by atoms with E-state index in [1.54, 1.807) is 0 Å². The first-order chi connectivity index (χ1) is 12.2. The Balaban J connectivity index is 2.22. The number of carbonyl (C=O) groups is 2. The second-order valence-electron chi connectivity index (χ2n) is 6.35. The van der Waals surface area contributed by atoms with Crippen molar-refractivity contribution in [2.45, 2.75) is 38.0 Å². The van der Waals surface area contributed by atoms with E-state index in [1.807, 2.05) is 30.3 Å². The van der Waals surface area contributed by atoms with Crippen molar-refractivity contribution in [3.8, 4) is 11.3 Å². The summed E-state index contributed by atoms with van der Waals surface area (Å²) in [6.45, 7) is 0. The monoisotopic (exact) mass is 341 g/mol. The minimum Gasteiger partial charge on any atom is -0.465 e. The van der Waals surface area contributed by atoms with Crippen molar-refractivity contribution >= 4 is 11.9 Å². The fourth-order valence-electron chi connectivity index (χ4n) is 3.66. The summed E-state index contributed by atoms with van der Waals surface area (Å²) in [6.07, 6.45) is 5.45. The highest BCUT2D eigenvalue weighted by Crippen LogP contribution is 2.39. The normalized spacial score (nSPS) is 15.0. The van der Waals surface area contributed by atoms with Gasteiger partial charge in [0.2, 0.25) is 0 Å². The number of benzene rings is 1. The molecule has 1 aliphatic carbocycles. The largest absolute Gasteiger partial charge is 0.465 e. The van der Waals surface area contributed by atoms with Gasteiger partial charge in [0.15, 0.2) is 0 Å². The van der Waals surface area contributed by atoms with Gasteiger partial charge in [-0.3, -0.25) is 0 Å². The van der Waals surface area contributed by atoms with Gasteiger partial charge in [0, 0.05) is 5.69 Å². The summed E-state index contributed by atoms with van der Waals surface area (Å²) in [7, 11) is 2.66. The number of aromatic nitrogens is 1. The predicted octanol–water partition coefficient (Wildman–Crippen LogP) is 4.30. The van der Waals surface area contributed by atoms with Crippen LogP contribution in [0.5, 0.6) is 0 Å². The molecule has 1 heterocycles. The van der Waals surface area contributed by atoms with E-state index in [2.05, 4.69) is 4.98 Å². The SMILES string of the molecule is COC(=O)c1c(-c2ccccc2)[nH]c(C2CCCCC2)c1C(=O)OC. The molecular weight excluding hydrogens is 318 g/mol. The van der Waals surface area contributed by atoms with Crippen LogP contribution in [0.2, 0.25) is 0 Å². The van der Waals surface area contributed by atoms with Crippen LogP contribution < -0.4 is 0 Å². The first-order valence-corrected chi connectivity index (χ1v) is 8.65. The molecule has 1 aliphatic rings. The lowest BCUT2D eigenvalue weighted by molar-refractivity contribution is 0.0555. The molecule has 3 rings (SSSR count). The molecule has 5 heteroatoms. The summed E-state index contributed by atoms with van der Waals surface area (Å²) in [6, 6.07) is 9.52. The van der Waals surface area contributed by atoms with Crippen molar-refractivity contribution in [1.82, 2.24) is 4.98 Å². The summed E-state index contributed by atoms with van der Waals surface area (Å²) in [5.41, 5.74) is 2.84. The van der Waals surface area contributed by atoms with Crippen molar-refractivity contribution in [3.05, 3.63) is 47.2 Å². The zero-order chi connectivity index (χ0) is 17.8. The number of hydrogen-bond donors (Lipinski definition) is 1. The molecule has 2 aromatic rings. The first-order valence-electron chi connectivity index (χ1n) is 8.65. The summed E-state index contributed by atoms with van der Waals surface area (Å²) in [5, 5.41) is 0. The number of rotatable bonds is 4. The third-order valence-corrected chi connectivity index (χ3v) is 4.88. The van der Waals surface area contributed by atoms with E-state index in [0.717, 1.165) is 36.9 Å². The Morgan fingerprint density at radius 1 is 0.920 bits per heavy atom. The van der Waals surface area contributed by atoms with Crippen molar-refractivity contribution in [2.24, 2.45) is 0 Å². The zero-order valence-corrected chi connectivity index (χ0v) is 14.6. The lowest BCUT2D eigenvalue weighted by Crippen LogP contribution is -2.14. The van der Waals surface area contributed by atoms with E-state index >= 15 is 0 Å².